The molecule has 1 saturated carbocycles. The van der Waals surface area contributed by atoms with Crippen LogP contribution in [0.15, 0.2) is 42.6 Å². The van der Waals surface area contributed by atoms with Gasteiger partial charge in [0.05, 0.1) is 37.5 Å². The fourth-order valence-electron chi connectivity index (χ4n) is 5.75. The van der Waals surface area contributed by atoms with Gasteiger partial charge in [0.2, 0.25) is 5.91 Å². The molecule has 0 radical (unpaired) electrons. The summed E-state index contributed by atoms with van der Waals surface area (Å²) in [5, 5.41) is 7.86. The summed E-state index contributed by atoms with van der Waals surface area (Å²) >= 11 is 0. The topological polar surface area (TPSA) is 67.4 Å². The molecule has 7 heteroatoms. The number of hydrogen-bond acceptors (Lipinski definition) is 4. The molecule has 1 aliphatic heterocycles. The molecule has 1 atom stereocenters. The van der Waals surface area contributed by atoms with Gasteiger partial charge in [0, 0.05) is 24.4 Å². The minimum absolute atomic E-state index is 0.0860. The minimum atomic E-state index is -0.504. The predicted octanol–water partition coefficient (Wildman–Crippen LogP) is 4.63. The highest BCUT2D eigenvalue weighted by Crippen LogP contribution is 2.42. The molecule has 6 nitrogen and oxygen atoms in total. The molecule has 0 spiro atoms. The van der Waals surface area contributed by atoms with Crippen molar-refractivity contribution in [1.29, 1.82) is 0 Å². The fourth-order valence-corrected chi connectivity index (χ4v) is 5.75. The van der Waals surface area contributed by atoms with Crippen LogP contribution >= 0.6 is 0 Å². The van der Waals surface area contributed by atoms with E-state index in [1.54, 1.807) is 19.4 Å². The average molecular weight is 466 g/mol. The first-order valence-corrected chi connectivity index (χ1v) is 12.2. The van der Waals surface area contributed by atoms with E-state index in [9.17, 15) is 9.18 Å². The van der Waals surface area contributed by atoms with Crippen molar-refractivity contribution in [2.75, 3.05) is 33.4 Å². The van der Waals surface area contributed by atoms with Gasteiger partial charge in [-0.15, -0.1) is 0 Å². The van der Waals surface area contributed by atoms with Crippen molar-refractivity contribution < 1.29 is 18.7 Å². The van der Waals surface area contributed by atoms with Gasteiger partial charge in [0.15, 0.2) is 0 Å². The SMILES string of the molecule is COc1ccc(C2(C(=O)N3CCOCC(Cc4cc(F)cc5[nH]ncc45)C3)CCCCC2)cc1. The lowest BCUT2D eigenvalue weighted by atomic mass is 9.68. The Morgan fingerprint density at radius 3 is 2.79 bits per heavy atom. The summed E-state index contributed by atoms with van der Waals surface area (Å²) in [5.41, 5.74) is 2.16. The van der Waals surface area contributed by atoms with Gasteiger partial charge in [-0.25, -0.2) is 4.39 Å². The van der Waals surface area contributed by atoms with E-state index in [4.69, 9.17) is 9.47 Å². The third-order valence-electron chi connectivity index (χ3n) is 7.50. The molecule has 1 N–H and O–H groups in total. The van der Waals surface area contributed by atoms with Crippen LogP contribution in [0.2, 0.25) is 0 Å². The Balaban J connectivity index is 1.40. The number of H-pyrrole nitrogens is 1. The lowest BCUT2D eigenvalue weighted by Gasteiger charge is -2.40. The van der Waals surface area contributed by atoms with Crippen LogP contribution in [0.25, 0.3) is 10.9 Å². The number of hydrogen-bond donors (Lipinski definition) is 1. The number of aromatic nitrogens is 2. The summed E-state index contributed by atoms with van der Waals surface area (Å²) in [6.07, 6.45) is 7.36. The van der Waals surface area contributed by atoms with Crippen LogP contribution in [0.4, 0.5) is 4.39 Å². The third kappa shape index (κ3) is 4.41. The van der Waals surface area contributed by atoms with E-state index in [0.717, 1.165) is 54.4 Å². The molecule has 180 valence electrons. The molecule has 2 fully saturated rings. The van der Waals surface area contributed by atoms with Crippen LogP contribution in [0.1, 0.15) is 43.2 Å². The van der Waals surface area contributed by atoms with E-state index >= 15 is 0 Å². The molecule has 1 aromatic heterocycles. The Morgan fingerprint density at radius 2 is 2.03 bits per heavy atom. The summed E-state index contributed by atoms with van der Waals surface area (Å²) < 4.78 is 25.4. The van der Waals surface area contributed by atoms with Crippen molar-refractivity contribution in [3.8, 4) is 5.75 Å². The number of aromatic amines is 1. The zero-order valence-corrected chi connectivity index (χ0v) is 19.7. The fraction of sp³-hybridized carbons (Fsp3) is 0.481. The van der Waals surface area contributed by atoms with Crippen molar-refractivity contribution in [3.05, 3.63) is 59.5 Å². The molecule has 0 bridgehead atoms. The zero-order valence-electron chi connectivity index (χ0n) is 19.7. The highest BCUT2D eigenvalue weighted by atomic mass is 19.1. The summed E-state index contributed by atoms with van der Waals surface area (Å²) in [5.74, 6) is 0.796. The Bertz CT molecular complexity index is 1140. The number of rotatable bonds is 5. The first-order valence-electron chi connectivity index (χ1n) is 12.2. The van der Waals surface area contributed by atoms with Crippen LogP contribution in [-0.2, 0) is 21.4 Å². The van der Waals surface area contributed by atoms with E-state index < -0.39 is 5.41 Å². The quantitative estimate of drug-likeness (QED) is 0.597. The molecule has 1 unspecified atom stereocenters. The normalized spacial score (nSPS) is 20.8. The van der Waals surface area contributed by atoms with Gasteiger partial charge in [0.1, 0.15) is 11.6 Å². The molecule has 3 aromatic rings. The van der Waals surface area contributed by atoms with Crippen molar-refractivity contribution in [2.45, 2.75) is 43.9 Å². The standard InChI is InChI=1S/C27H32FN3O3/c1-33-23-7-5-21(6-8-23)27(9-3-2-4-10-27)26(32)31-11-12-34-18-19(17-31)13-20-14-22(28)15-25-24(20)16-29-30-25/h5-8,14-16,19H,2-4,9-13,17-18H2,1H3,(H,29,30). The maximum absolute atomic E-state index is 14.2. The van der Waals surface area contributed by atoms with E-state index in [1.165, 1.54) is 6.07 Å². The molecule has 1 amide bonds. The Labute approximate surface area is 199 Å². The second-order valence-electron chi connectivity index (χ2n) is 9.66. The Morgan fingerprint density at radius 1 is 1.24 bits per heavy atom. The van der Waals surface area contributed by atoms with Crippen molar-refractivity contribution in [1.82, 2.24) is 15.1 Å². The van der Waals surface area contributed by atoms with Gasteiger partial charge < -0.3 is 14.4 Å². The lowest BCUT2D eigenvalue weighted by Crippen LogP contribution is -2.50. The van der Waals surface area contributed by atoms with Gasteiger partial charge >= 0.3 is 0 Å². The molecule has 1 saturated heterocycles. The first kappa shape index (κ1) is 22.8. The summed E-state index contributed by atoms with van der Waals surface area (Å²) in [7, 11) is 1.66. The van der Waals surface area contributed by atoms with Gasteiger partial charge in [0.25, 0.3) is 0 Å². The first-order chi connectivity index (χ1) is 16.6. The van der Waals surface area contributed by atoms with Gasteiger partial charge in [-0.05, 0) is 54.7 Å². The van der Waals surface area contributed by atoms with Crippen LogP contribution in [0, 0.1) is 11.7 Å². The highest BCUT2D eigenvalue weighted by Gasteiger charge is 2.44. The number of benzene rings is 2. The second-order valence-corrected chi connectivity index (χ2v) is 9.66. The maximum Gasteiger partial charge on any atom is 0.233 e. The number of halogens is 1. The number of amides is 1. The predicted molar refractivity (Wildman–Crippen MR) is 128 cm³/mol. The largest absolute Gasteiger partial charge is 0.497 e. The highest BCUT2D eigenvalue weighted by molar-refractivity contribution is 5.88. The number of nitrogens with zero attached hydrogens (tertiary/aromatic N) is 2. The Kier molecular flexibility index (Phi) is 6.55. The number of methoxy groups -OCH3 is 1. The van der Waals surface area contributed by atoms with E-state index in [-0.39, 0.29) is 17.6 Å². The van der Waals surface area contributed by atoms with Gasteiger partial charge in [-0.2, -0.15) is 5.10 Å². The van der Waals surface area contributed by atoms with Crippen LogP contribution < -0.4 is 4.74 Å². The number of nitrogens with one attached hydrogen (secondary N) is 1. The molecule has 2 heterocycles. The van der Waals surface area contributed by atoms with Crippen molar-refractivity contribution in [3.63, 3.8) is 0 Å². The molecule has 34 heavy (non-hydrogen) atoms. The van der Waals surface area contributed by atoms with Crippen LogP contribution in [0.3, 0.4) is 0 Å². The average Bonchev–Trinajstić information content (AvgIpc) is 3.22. The van der Waals surface area contributed by atoms with Crippen molar-refractivity contribution in [2.24, 2.45) is 5.92 Å². The second kappa shape index (κ2) is 9.74. The lowest BCUT2D eigenvalue weighted by molar-refractivity contribution is -0.139. The smallest absolute Gasteiger partial charge is 0.233 e. The summed E-state index contributed by atoms with van der Waals surface area (Å²) in [6.45, 7) is 2.25. The number of ether oxygens (including phenoxy) is 2. The summed E-state index contributed by atoms with van der Waals surface area (Å²) in [6, 6.07) is 11.1. The van der Waals surface area contributed by atoms with Gasteiger partial charge in [-0.3, -0.25) is 9.89 Å². The zero-order chi connectivity index (χ0) is 23.5. The molecule has 1 aliphatic carbocycles. The van der Waals surface area contributed by atoms with E-state index in [1.807, 2.05) is 17.0 Å². The van der Waals surface area contributed by atoms with Crippen LogP contribution in [-0.4, -0.2) is 54.4 Å². The maximum atomic E-state index is 14.2. The third-order valence-corrected chi connectivity index (χ3v) is 7.50. The van der Waals surface area contributed by atoms with Gasteiger partial charge in [-0.1, -0.05) is 31.4 Å². The molecular weight excluding hydrogens is 433 g/mol. The van der Waals surface area contributed by atoms with E-state index in [0.29, 0.717) is 38.2 Å². The Hall–Kier alpha value is -2.93. The molecular formula is C27H32FN3O3. The molecule has 2 aromatic carbocycles. The number of carbonyl (C=O) groups is 1. The van der Waals surface area contributed by atoms with E-state index in [2.05, 4.69) is 22.3 Å². The minimum Gasteiger partial charge on any atom is -0.497 e. The monoisotopic (exact) mass is 465 g/mol. The molecule has 5 rings (SSSR count). The number of carbonyl (C=O) groups excluding carboxylic acids is 1. The van der Waals surface area contributed by atoms with Crippen LogP contribution in [0.5, 0.6) is 5.75 Å². The number of fused-ring (bicyclic) bond motifs is 1. The molecule has 2 aliphatic rings. The van der Waals surface area contributed by atoms with Crippen molar-refractivity contribution >= 4 is 16.8 Å². The summed E-state index contributed by atoms with van der Waals surface area (Å²) in [4.78, 5) is 16.2.